The van der Waals surface area contributed by atoms with Crippen molar-refractivity contribution in [3.8, 4) is 11.5 Å². The first-order chi connectivity index (χ1) is 10.7. The largest absolute Gasteiger partial charge is 0.493 e. The Hall–Kier alpha value is -2.04. The molecule has 0 fully saturated rings. The second-order valence-corrected chi connectivity index (χ2v) is 5.18. The van der Waals surface area contributed by atoms with Gasteiger partial charge < -0.3 is 14.8 Å². The van der Waals surface area contributed by atoms with Crippen LogP contribution in [-0.2, 0) is 13.2 Å². The molecule has 5 heteroatoms. The number of pyridine rings is 1. The molecule has 2 N–H and O–H groups in total. The normalized spacial score (nSPS) is 10.3. The number of halogens is 1. The Morgan fingerprint density at radius 1 is 1.36 bits per heavy atom. The van der Waals surface area contributed by atoms with Crippen molar-refractivity contribution < 1.29 is 14.8 Å². The molecule has 4 nitrogen and oxygen atoms in total. The Morgan fingerprint density at radius 3 is 2.91 bits per heavy atom. The van der Waals surface area contributed by atoms with Crippen LogP contribution in [0.25, 0.3) is 0 Å². The van der Waals surface area contributed by atoms with Crippen molar-refractivity contribution in [1.29, 1.82) is 0 Å². The summed E-state index contributed by atoms with van der Waals surface area (Å²) >= 11 is 6.34. The molecule has 0 aliphatic heterocycles. The first-order valence-corrected chi connectivity index (χ1v) is 7.43. The summed E-state index contributed by atoms with van der Waals surface area (Å²) in [5.74, 6) is 1.19. The minimum Gasteiger partial charge on any atom is -0.493 e. The maximum atomic E-state index is 6.34. The average molecular weight is 320 g/mol. The Bertz CT molecular complexity index is 618. The van der Waals surface area contributed by atoms with Crippen LogP contribution in [0.2, 0.25) is 5.02 Å². The fourth-order valence-corrected chi connectivity index (χ4v) is 2.33. The van der Waals surface area contributed by atoms with E-state index in [0.717, 1.165) is 24.2 Å². The molecule has 0 spiro atoms. The smallest absolute Gasteiger partial charge is 0.180 e. The summed E-state index contributed by atoms with van der Waals surface area (Å²) in [5.41, 5.74) is 2.06. The number of benzene rings is 1. The molecule has 0 saturated heterocycles. The molecule has 0 saturated carbocycles. The summed E-state index contributed by atoms with van der Waals surface area (Å²) < 4.78 is 11.2. The molecular formula is C17H20ClN2O2+. The number of aromatic nitrogens is 1. The SMILES string of the molecule is C=CC[NH2+]Cc1cc(Cl)c(OCc2cccnc2)c(OC)c1. The fourth-order valence-electron chi connectivity index (χ4n) is 2.04. The van der Waals surface area contributed by atoms with Gasteiger partial charge in [0.25, 0.3) is 0 Å². The van der Waals surface area contributed by atoms with Gasteiger partial charge in [-0.1, -0.05) is 24.2 Å². The molecule has 1 heterocycles. The maximum absolute atomic E-state index is 6.34. The van der Waals surface area contributed by atoms with Gasteiger partial charge in [-0.05, 0) is 24.3 Å². The second-order valence-electron chi connectivity index (χ2n) is 4.78. The quantitative estimate of drug-likeness (QED) is 0.601. The van der Waals surface area contributed by atoms with Crippen LogP contribution in [0.5, 0.6) is 11.5 Å². The Kier molecular flexibility index (Phi) is 6.25. The van der Waals surface area contributed by atoms with Gasteiger partial charge in [-0.3, -0.25) is 4.98 Å². The minimum absolute atomic E-state index is 0.395. The zero-order valence-electron chi connectivity index (χ0n) is 12.6. The molecule has 1 aromatic carbocycles. The number of hydrogen-bond acceptors (Lipinski definition) is 3. The van der Waals surface area contributed by atoms with Gasteiger partial charge in [0.1, 0.15) is 13.2 Å². The number of nitrogens with zero attached hydrogens (tertiary/aromatic N) is 1. The van der Waals surface area contributed by atoms with Crippen LogP contribution in [0.3, 0.4) is 0 Å². The van der Waals surface area contributed by atoms with Gasteiger partial charge in [-0.15, -0.1) is 0 Å². The van der Waals surface area contributed by atoms with Crippen LogP contribution in [-0.4, -0.2) is 18.6 Å². The van der Waals surface area contributed by atoms with E-state index in [9.17, 15) is 0 Å². The van der Waals surface area contributed by atoms with Crippen molar-refractivity contribution in [3.63, 3.8) is 0 Å². The lowest BCUT2D eigenvalue weighted by atomic mass is 10.2. The molecule has 0 aliphatic rings. The zero-order chi connectivity index (χ0) is 15.8. The van der Waals surface area contributed by atoms with E-state index in [-0.39, 0.29) is 0 Å². The molecule has 0 bridgehead atoms. The predicted molar refractivity (Wildman–Crippen MR) is 87.3 cm³/mol. The van der Waals surface area contributed by atoms with Crippen molar-refractivity contribution >= 4 is 11.6 Å². The number of hydrogen-bond donors (Lipinski definition) is 1. The lowest BCUT2D eigenvalue weighted by Crippen LogP contribution is -2.82. The van der Waals surface area contributed by atoms with E-state index in [4.69, 9.17) is 21.1 Å². The highest BCUT2D eigenvalue weighted by atomic mass is 35.5. The molecule has 2 aromatic rings. The van der Waals surface area contributed by atoms with E-state index in [2.05, 4.69) is 16.9 Å². The van der Waals surface area contributed by atoms with Crippen molar-refractivity contribution in [2.45, 2.75) is 13.2 Å². The number of ether oxygens (including phenoxy) is 2. The van der Waals surface area contributed by atoms with E-state index in [0.29, 0.717) is 23.1 Å². The molecule has 0 unspecified atom stereocenters. The Labute approximate surface area is 135 Å². The third-order valence-corrected chi connectivity index (χ3v) is 3.39. The van der Waals surface area contributed by atoms with Crippen LogP contribution in [0, 0.1) is 0 Å². The standard InChI is InChI=1S/C17H19ClN2O2/c1-3-6-19-11-14-8-15(18)17(16(9-14)21-2)22-12-13-5-4-7-20-10-13/h3-5,7-10,19H,1,6,11-12H2,2H3/p+1. The van der Waals surface area contributed by atoms with E-state index < -0.39 is 0 Å². The van der Waals surface area contributed by atoms with E-state index in [1.807, 2.05) is 30.3 Å². The van der Waals surface area contributed by atoms with E-state index in [1.165, 1.54) is 0 Å². The topological polar surface area (TPSA) is 48.0 Å². The monoisotopic (exact) mass is 319 g/mol. The zero-order valence-corrected chi connectivity index (χ0v) is 13.3. The van der Waals surface area contributed by atoms with Crippen LogP contribution < -0.4 is 14.8 Å². The van der Waals surface area contributed by atoms with Gasteiger partial charge in [-0.25, -0.2) is 0 Å². The molecular weight excluding hydrogens is 300 g/mol. The molecule has 0 atom stereocenters. The van der Waals surface area contributed by atoms with Crippen LogP contribution >= 0.6 is 11.6 Å². The van der Waals surface area contributed by atoms with Crippen molar-refractivity contribution in [2.75, 3.05) is 13.7 Å². The molecule has 0 amide bonds. The molecule has 0 aliphatic carbocycles. The minimum atomic E-state index is 0.395. The predicted octanol–water partition coefficient (Wildman–Crippen LogP) is 2.57. The van der Waals surface area contributed by atoms with Crippen molar-refractivity contribution in [3.05, 3.63) is 65.5 Å². The molecule has 2 rings (SSSR count). The van der Waals surface area contributed by atoms with Crippen molar-refractivity contribution in [1.82, 2.24) is 4.98 Å². The molecule has 0 radical (unpaired) electrons. The summed E-state index contributed by atoms with van der Waals surface area (Å²) in [5, 5.41) is 2.68. The number of nitrogens with two attached hydrogens (primary N) is 1. The van der Waals surface area contributed by atoms with Crippen LogP contribution in [0.4, 0.5) is 0 Å². The molecule has 22 heavy (non-hydrogen) atoms. The molecule has 1 aromatic heterocycles. The average Bonchev–Trinajstić information content (AvgIpc) is 2.54. The van der Waals surface area contributed by atoms with Crippen LogP contribution in [0.15, 0.2) is 49.3 Å². The number of rotatable bonds is 8. The van der Waals surface area contributed by atoms with Gasteiger partial charge in [-0.2, -0.15) is 0 Å². The third kappa shape index (κ3) is 4.48. The lowest BCUT2D eigenvalue weighted by Gasteiger charge is -2.14. The summed E-state index contributed by atoms with van der Waals surface area (Å²) in [6.45, 7) is 5.77. The van der Waals surface area contributed by atoms with Crippen molar-refractivity contribution in [2.24, 2.45) is 0 Å². The highest BCUT2D eigenvalue weighted by Crippen LogP contribution is 2.36. The van der Waals surface area contributed by atoms with Crippen LogP contribution in [0.1, 0.15) is 11.1 Å². The van der Waals surface area contributed by atoms with Gasteiger partial charge in [0.05, 0.1) is 18.7 Å². The first kappa shape index (κ1) is 16.3. The summed E-state index contributed by atoms with van der Waals surface area (Å²) in [4.78, 5) is 4.06. The highest BCUT2D eigenvalue weighted by molar-refractivity contribution is 6.32. The van der Waals surface area contributed by atoms with Gasteiger partial charge in [0, 0.05) is 23.5 Å². The maximum Gasteiger partial charge on any atom is 0.180 e. The summed E-state index contributed by atoms with van der Waals surface area (Å²) in [6, 6.07) is 7.67. The Balaban J connectivity index is 2.11. The lowest BCUT2D eigenvalue weighted by molar-refractivity contribution is -0.662. The first-order valence-electron chi connectivity index (χ1n) is 7.05. The highest BCUT2D eigenvalue weighted by Gasteiger charge is 2.13. The second kappa shape index (κ2) is 8.41. The summed E-state index contributed by atoms with van der Waals surface area (Å²) in [7, 11) is 1.61. The summed E-state index contributed by atoms with van der Waals surface area (Å²) in [6.07, 6.45) is 5.36. The third-order valence-electron chi connectivity index (χ3n) is 3.11. The number of methoxy groups -OCH3 is 1. The van der Waals surface area contributed by atoms with E-state index >= 15 is 0 Å². The number of quaternary nitrogens is 1. The fraction of sp³-hybridized carbons (Fsp3) is 0.235. The Morgan fingerprint density at radius 2 is 2.23 bits per heavy atom. The van der Waals surface area contributed by atoms with Gasteiger partial charge in [0.2, 0.25) is 0 Å². The van der Waals surface area contributed by atoms with Gasteiger partial charge in [0.15, 0.2) is 11.5 Å². The van der Waals surface area contributed by atoms with Gasteiger partial charge >= 0.3 is 0 Å². The molecule has 116 valence electrons. The van der Waals surface area contributed by atoms with E-state index in [1.54, 1.807) is 19.5 Å².